The molecule has 1 atom stereocenters. The monoisotopic (exact) mass is 402 g/mol. The van der Waals surface area contributed by atoms with Gasteiger partial charge < -0.3 is 16.0 Å². The first-order valence-corrected chi connectivity index (χ1v) is 7.37. The Morgan fingerprint density at radius 3 is 2.81 bits per heavy atom. The van der Waals surface area contributed by atoms with Crippen molar-refractivity contribution in [1.82, 2.24) is 4.90 Å². The molecule has 0 spiro atoms. The Morgan fingerprint density at radius 2 is 2.14 bits per heavy atom. The molecule has 118 valence electrons. The Bertz CT molecular complexity index is 487. The van der Waals surface area contributed by atoms with Crippen molar-refractivity contribution in [3.63, 3.8) is 0 Å². The van der Waals surface area contributed by atoms with Crippen molar-refractivity contribution >= 4 is 35.6 Å². The van der Waals surface area contributed by atoms with Crippen LogP contribution in [0.5, 0.6) is 0 Å². The second-order valence-electron chi connectivity index (χ2n) is 5.92. The molecule has 0 aliphatic carbocycles. The summed E-state index contributed by atoms with van der Waals surface area (Å²) in [5, 5.41) is 3.17. The highest BCUT2D eigenvalue weighted by molar-refractivity contribution is 14.0. The maximum atomic E-state index is 5.97. The van der Waals surface area contributed by atoms with Gasteiger partial charge in [0.15, 0.2) is 5.96 Å². The van der Waals surface area contributed by atoms with E-state index in [-0.39, 0.29) is 24.0 Å². The van der Waals surface area contributed by atoms with Crippen molar-refractivity contribution in [1.29, 1.82) is 0 Å². The number of hydrogen-bond donors (Lipinski definition) is 2. The van der Waals surface area contributed by atoms with Gasteiger partial charge in [0.1, 0.15) is 0 Å². The first kappa shape index (κ1) is 18.2. The fourth-order valence-corrected chi connectivity index (χ4v) is 2.66. The summed E-state index contributed by atoms with van der Waals surface area (Å²) >= 11 is 0. The Balaban J connectivity index is 0.00000220. The zero-order valence-corrected chi connectivity index (χ0v) is 15.6. The summed E-state index contributed by atoms with van der Waals surface area (Å²) in [6.07, 6.45) is 2.52. The molecule has 2 rings (SSSR count). The zero-order valence-electron chi connectivity index (χ0n) is 13.2. The molecular formula is C16H27IN4. The average Bonchev–Trinajstić information content (AvgIpc) is 2.41. The number of nitrogens with zero attached hydrogens (tertiary/aromatic N) is 2. The highest BCUT2D eigenvalue weighted by atomic mass is 127. The number of halogens is 1. The minimum atomic E-state index is 0. The van der Waals surface area contributed by atoms with Crippen molar-refractivity contribution in [2.24, 2.45) is 16.6 Å². The van der Waals surface area contributed by atoms with Gasteiger partial charge in [0.2, 0.25) is 0 Å². The number of piperidine rings is 1. The van der Waals surface area contributed by atoms with E-state index >= 15 is 0 Å². The molecule has 1 aromatic carbocycles. The molecule has 0 aromatic heterocycles. The van der Waals surface area contributed by atoms with Crippen LogP contribution in [0.3, 0.4) is 0 Å². The highest BCUT2D eigenvalue weighted by Gasteiger charge is 2.16. The van der Waals surface area contributed by atoms with Gasteiger partial charge in [0.25, 0.3) is 0 Å². The van der Waals surface area contributed by atoms with E-state index in [2.05, 4.69) is 48.2 Å². The largest absolute Gasteiger partial charge is 0.370 e. The summed E-state index contributed by atoms with van der Waals surface area (Å²) in [6.45, 7) is 7.35. The van der Waals surface area contributed by atoms with E-state index in [0.29, 0.717) is 11.9 Å². The molecule has 0 amide bonds. The Morgan fingerprint density at radius 1 is 1.38 bits per heavy atom. The van der Waals surface area contributed by atoms with Crippen LogP contribution in [0.1, 0.15) is 24.0 Å². The van der Waals surface area contributed by atoms with E-state index < -0.39 is 0 Å². The number of likely N-dealkylation sites (tertiary alicyclic amines) is 1. The molecular weight excluding hydrogens is 375 g/mol. The summed E-state index contributed by atoms with van der Waals surface area (Å²) in [6, 6.07) is 6.24. The number of hydrogen-bond acceptors (Lipinski definition) is 2. The van der Waals surface area contributed by atoms with Crippen LogP contribution >= 0.6 is 24.0 Å². The second kappa shape index (κ2) is 8.58. The number of nitrogens with one attached hydrogen (secondary N) is 1. The van der Waals surface area contributed by atoms with Crippen LogP contribution in [0.4, 0.5) is 5.69 Å². The minimum Gasteiger partial charge on any atom is -0.370 e. The number of nitrogens with two attached hydrogens (primary N) is 1. The molecule has 0 radical (unpaired) electrons. The average molecular weight is 402 g/mol. The van der Waals surface area contributed by atoms with Gasteiger partial charge in [-0.15, -0.1) is 24.0 Å². The molecule has 0 saturated carbocycles. The summed E-state index contributed by atoms with van der Waals surface area (Å²) in [5.41, 5.74) is 9.53. The quantitative estimate of drug-likeness (QED) is 0.464. The van der Waals surface area contributed by atoms with Gasteiger partial charge in [-0.3, -0.25) is 4.99 Å². The van der Waals surface area contributed by atoms with Crippen molar-refractivity contribution in [2.45, 2.75) is 26.7 Å². The smallest absolute Gasteiger partial charge is 0.193 e. The summed E-state index contributed by atoms with van der Waals surface area (Å²) in [5.74, 6) is 1.15. The van der Waals surface area contributed by atoms with Gasteiger partial charge in [-0.25, -0.2) is 0 Å². The number of aliphatic imine (C=N–C) groups is 1. The third-order valence-corrected chi connectivity index (χ3v) is 4.02. The van der Waals surface area contributed by atoms with E-state index in [1.54, 1.807) is 0 Å². The third kappa shape index (κ3) is 5.82. The topological polar surface area (TPSA) is 53.6 Å². The van der Waals surface area contributed by atoms with E-state index in [1.807, 2.05) is 6.07 Å². The number of aryl methyl sites for hydroxylation is 2. The van der Waals surface area contributed by atoms with Gasteiger partial charge in [0.05, 0.1) is 0 Å². The maximum Gasteiger partial charge on any atom is 0.193 e. The van der Waals surface area contributed by atoms with Gasteiger partial charge in [0, 0.05) is 18.8 Å². The van der Waals surface area contributed by atoms with E-state index in [4.69, 9.17) is 5.73 Å². The maximum absolute atomic E-state index is 5.97. The minimum absolute atomic E-state index is 0. The molecule has 0 bridgehead atoms. The van der Waals surface area contributed by atoms with E-state index in [9.17, 15) is 0 Å². The second-order valence-corrected chi connectivity index (χ2v) is 5.92. The molecule has 5 heteroatoms. The predicted molar refractivity (Wildman–Crippen MR) is 102 cm³/mol. The summed E-state index contributed by atoms with van der Waals surface area (Å²) in [4.78, 5) is 6.86. The lowest BCUT2D eigenvalue weighted by atomic mass is 9.99. The lowest BCUT2D eigenvalue weighted by Crippen LogP contribution is -2.34. The lowest BCUT2D eigenvalue weighted by molar-refractivity contribution is 0.214. The van der Waals surface area contributed by atoms with Crippen LogP contribution in [0.25, 0.3) is 0 Å². The fourth-order valence-electron chi connectivity index (χ4n) is 2.66. The Labute approximate surface area is 145 Å². The molecule has 1 saturated heterocycles. The van der Waals surface area contributed by atoms with Crippen molar-refractivity contribution in [3.05, 3.63) is 29.3 Å². The lowest BCUT2D eigenvalue weighted by Gasteiger charge is -2.28. The van der Waals surface area contributed by atoms with Crippen LogP contribution < -0.4 is 11.1 Å². The fraction of sp³-hybridized carbons (Fsp3) is 0.562. The first-order chi connectivity index (χ1) is 9.54. The molecule has 21 heavy (non-hydrogen) atoms. The molecule has 1 aliphatic rings. The van der Waals surface area contributed by atoms with Crippen LogP contribution in [-0.2, 0) is 0 Å². The van der Waals surface area contributed by atoms with Gasteiger partial charge in [-0.1, -0.05) is 6.07 Å². The van der Waals surface area contributed by atoms with Crippen LogP contribution in [0.15, 0.2) is 23.2 Å². The van der Waals surface area contributed by atoms with Crippen LogP contribution in [0, 0.1) is 19.8 Å². The summed E-state index contributed by atoms with van der Waals surface area (Å²) < 4.78 is 0. The normalized spacial score (nSPS) is 20.0. The Kier molecular flexibility index (Phi) is 7.45. The zero-order chi connectivity index (χ0) is 14.5. The highest BCUT2D eigenvalue weighted by Crippen LogP contribution is 2.16. The molecule has 1 aliphatic heterocycles. The van der Waals surface area contributed by atoms with Gasteiger partial charge in [-0.2, -0.15) is 0 Å². The SMILES string of the molecule is Cc1ccc(NC(N)=NCC2CCCN(C)C2)cc1C.I. The molecule has 4 nitrogen and oxygen atoms in total. The van der Waals surface area contributed by atoms with Crippen molar-refractivity contribution in [2.75, 3.05) is 32.0 Å². The number of rotatable bonds is 3. The van der Waals surface area contributed by atoms with Gasteiger partial charge >= 0.3 is 0 Å². The number of benzene rings is 1. The summed E-state index contributed by atoms with van der Waals surface area (Å²) in [7, 11) is 2.17. The molecule has 1 fully saturated rings. The first-order valence-electron chi connectivity index (χ1n) is 7.37. The Hall–Kier alpha value is -0.820. The number of anilines is 1. The van der Waals surface area contributed by atoms with Crippen molar-refractivity contribution in [3.8, 4) is 0 Å². The molecule has 1 aromatic rings. The van der Waals surface area contributed by atoms with Crippen molar-refractivity contribution < 1.29 is 0 Å². The third-order valence-electron chi connectivity index (χ3n) is 4.02. The van der Waals surface area contributed by atoms with E-state index in [0.717, 1.165) is 18.8 Å². The van der Waals surface area contributed by atoms with E-state index in [1.165, 1.54) is 30.5 Å². The predicted octanol–water partition coefficient (Wildman–Crippen LogP) is 2.99. The molecule has 1 unspecified atom stereocenters. The molecule has 3 N–H and O–H groups in total. The standard InChI is InChI=1S/C16H26N4.HI/c1-12-6-7-15(9-13(12)2)19-16(17)18-10-14-5-4-8-20(3)11-14;/h6-7,9,14H,4-5,8,10-11H2,1-3H3,(H3,17,18,19);1H. The van der Waals surface area contributed by atoms with Crippen LogP contribution in [-0.4, -0.2) is 37.5 Å². The van der Waals surface area contributed by atoms with Crippen LogP contribution in [0.2, 0.25) is 0 Å². The van der Waals surface area contributed by atoms with Gasteiger partial charge in [-0.05, 0) is 69.5 Å². The molecule has 1 heterocycles. The number of guanidine groups is 1.